The lowest BCUT2D eigenvalue weighted by Crippen LogP contribution is -2.03. The van der Waals surface area contributed by atoms with E-state index in [0.717, 1.165) is 5.56 Å². The number of Topliss-reactive ketones (excluding diaryl/α,β-unsaturated/α-hetero) is 1. The van der Waals surface area contributed by atoms with Crippen LogP contribution in [-0.2, 0) is 6.42 Å². The van der Waals surface area contributed by atoms with Crippen LogP contribution in [0, 0.1) is 10.1 Å². The number of nitrogens with zero attached hydrogens (tertiary/aromatic N) is 1. The third kappa shape index (κ3) is 3.02. The van der Waals surface area contributed by atoms with Gasteiger partial charge in [0, 0.05) is 28.6 Å². The first-order valence-corrected chi connectivity index (χ1v) is 6.79. The molecule has 2 aromatic rings. The van der Waals surface area contributed by atoms with Gasteiger partial charge in [-0.05, 0) is 28.5 Å². The molecule has 0 bridgehead atoms. The number of hydrogen-bond donors (Lipinski definition) is 0. The first kappa shape index (κ1) is 12.9. The molecule has 0 atom stereocenters. The van der Waals surface area contributed by atoms with Crippen molar-refractivity contribution in [1.82, 2.24) is 0 Å². The Morgan fingerprint density at radius 2 is 2.17 bits per heavy atom. The van der Waals surface area contributed by atoms with Crippen molar-refractivity contribution in [2.24, 2.45) is 0 Å². The Hall–Kier alpha value is -1.53. The molecule has 0 N–H and O–H groups in total. The van der Waals surface area contributed by atoms with Crippen molar-refractivity contribution in [3.8, 4) is 0 Å². The maximum atomic E-state index is 12.0. The fourth-order valence-electron chi connectivity index (χ4n) is 1.52. The van der Waals surface area contributed by atoms with Crippen molar-refractivity contribution >= 4 is 38.7 Å². The molecular formula is C12H8BrNO3S. The van der Waals surface area contributed by atoms with Crippen LogP contribution in [0.25, 0.3) is 0 Å². The van der Waals surface area contributed by atoms with Crippen LogP contribution < -0.4 is 0 Å². The van der Waals surface area contributed by atoms with E-state index in [-0.39, 0.29) is 17.9 Å². The second kappa shape index (κ2) is 5.41. The third-order valence-electron chi connectivity index (χ3n) is 2.36. The van der Waals surface area contributed by atoms with Crippen LogP contribution in [0.1, 0.15) is 15.9 Å². The number of nitro benzene ring substituents is 1. The first-order chi connectivity index (χ1) is 8.56. The van der Waals surface area contributed by atoms with E-state index in [9.17, 15) is 14.9 Å². The van der Waals surface area contributed by atoms with Crippen molar-refractivity contribution in [3.05, 3.63) is 60.7 Å². The Labute approximate surface area is 116 Å². The summed E-state index contributed by atoms with van der Waals surface area (Å²) in [7, 11) is 0. The van der Waals surface area contributed by atoms with Gasteiger partial charge >= 0.3 is 0 Å². The number of carbonyl (C=O) groups is 1. The van der Waals surface area contributed by atoms with Gasteiger partial charge in [0.2, 0.25) is 0 Å². The monoisotopic (exact) mass is 325 g/mol. The Balaban J connectivity index is 2.27. The van der Waals surface area contributed by atoms with Gasteiger partial charge in [0.05, 0.1) is 4.92 Å². The fourth-order valence-corrected chi connectivity index (χ4v) is 2.67. The summed E-state index contributed by atoms with van der Waals surface area (Å²) in [5, 5.41) is 14.5. The normalized spacial score (nSPS) is 10.3. The predicted octanol–water partition coefficient (Wildman–Crippen LogP) is 3.84. The lowest BCUT2D eigenvalue weighted by atomic mass is 10.0. The van der Waals surface area contributed by atoms with Crippen molar-refractivity contribution < 1.29 is 9.72 Å². The van der Waals surface area contributed by atoms with Gasteiger partial charge in [0.1, 0.15) is 0 Å². The maximum absolute atomic E-state index is 12.0. The number of carbonyl (C=O) groups excluding carboxylic acids is 1. The molecule has 0 aliphatic rings. The number of non-ortho nitro benzene ring substituents is 1. The number of hydrogen-bond acceptors (Lipinski definition) is 4. The molecule has 6 heteroatoms. The zero-order chi connectivity index (χ0) is 13.1. The average molecular weight is 326 g/mol. The summed E-state index contributed by atoms with van der Waals surface area (Å²) >= 11 is 4.69. The molecule has 0 aliphatic heterocycles. The molecule has 0 spiro atoms. The second-order valence-corrected chi connectivity index (χ2v) is 5.38. The molecule has 0 unspecified atom stereocenters. The van der Waals surface area contributed by atoms with Gasteiger partial charge in [-0.3, -0.25) is 14.9 Å². The smallest absolute Gasteiger partial charge is 0.271 e. The van der Waals surface area contributed by atoms with Gasteiger partial charge in [0.15, 0.2) is 5.78 Å². The van der Waals surface area contributed by atoms with Gasteiger partial charge in [-0.2, -0.15) is 11.3 Å². The highest BCUT2D eigenvalue weighted by Gasteiger charge is 2.14. The molecule has 0 amide bonds. The van der Waals surface area contributed by atoms with E-state index in [0.29, 0.717) is 10.0 Å². The summed E-state index contributed by atoms with van der Waals surface area (Å²) in [6.07, 6.45) is 0.261. The van der Waals surface area contributed by atoms with Crippen LogP contribution in [0.4, 0.5) is 5.69 Å². The van der Waals surface area contributed by atoms with Crippen LogP contribution in [-0.4, -0.2) is 10.7 Å². The van der Waals surface area contributed by atoms with E-state index in [1.54, 1.807) is 6.07 Å². The maximum Gasteiger partial charge on any atom is 0.271 e. The SMILES string of the molecule is O=C(Cc1ccsc1)c1cc(Br)cc([N+](=O)[O-])c1. The molecule has 92 valence electrons. The summed E-state index contributed by atoms with van der Waals surface area (Å²) in [4.78, 5) is 22.2. The minimum absolute atomic E-state index is 0.0851. The first-order valence-electron chi connectivity index (χ1n) is 5.05. The number of benzene rings is 1. The van der Waals surface area contributed by atoms with Gasteiger partial charge in [-0.1, -0.05) is 15.9 Å². The Bertz CT molecular complexity index is 595. The summed E-state index contributed by atoms with van der Waals surface area (Å²) in [6, 6.07) is 6.15. The Kier molecular flexibility index (Phi) is 3.88. The molecule has 4 nitrogen and oxygen atoms in total. The predicted molar refractivity (Wildman–Crippen MR) is 73.1 cm³/mol. The molecule has 0 radical (unpaired) electrons. The highest BCUT2D eigenvalue weighted by Crippen LogP contribution is 2.22. The Morgan fingerprint density at radius 3 is 2.78 bits per heavy atom. The van der Waals surface area contributed by atoms with Gasteiger partial charge in [-0.25, -0.2) is 0 Å². The van der Waals surface area contributed by atoms with E-state index in [1.807, 2.05) is 16.8 Å². The van der Waals surface area contributed by atoms with E-state index in [2.05, 4.69) is 15.9 Å². The largest absolute Gasteiger partial charge is 0.294 e. The van der Waals surface area contributed by atoms with E-state index < -0.39 is 4.92 Å². The topological polar surface area (TPSA) is 60.2 Å². The summed E-state index contributed by atoms with van der Waals surface area (Å²) in [5.41, 5.74) is 1.19. The number of thiophene rings is 1. The second-order valence-electron chi connectivity index (χ2n) is 3.69. The zero-order valence-electron chi connectivity index (χ0n) is 9.13. The number of halogens is 1. The highest BCUT2D eigenvalue weighted by atomic mass is 79.9. The fraction of sp³-hybridized carbons (Fsp3) is 0.0833. The molecule has 1 heterocycles. The van der Waals surface area contributed by atoms with Crippen LogP contribution in [0.5, 0.6) is 0 Å². The minimum atomic E-state index is -0.508. The van der Waals surface area contributed by atoms with Gasteiger partial charge in [-0.15, -0.1) is 0 Å². The van der Waals surface area contributed by atoms with Crippen molar-refractivity contribution in [1.29, 1.82) is 0 Å². The molecule has 0 fully saturated rings. The lowest BCUT2D eigenvalue weighted by Gasteiger charge is -2.01. The van der Waals surface area contributed by atoms with E-state index >= 15 is 0 Å². The van der Waals surface area contributed by atoms with Crippen LogP contribution >= 0.6 is 27.3 Å². The van der Waals surface area contributed by atoms with Crippen molar-refractivity contribution in [3.63, 3.8) is 0 Å². The number of ketones is 1. The molecule has 0 aliphatic carbocycles. The molecule has 1 aromatic heterocycles. The van der Waals surface area contributed by atoms with Crippen LogP contribution in [0.15, 0.2) is 39.5 Å². The zero-order valence-corrected chi connectivity index (χ0v) is 11.5. The van der Waals surface area contributed by atoms with Gasteiger partial charge in [0.25, 0.3) is 5.69 Å². The van der Waals surface area contributed by atoms with E-state index in [4.69, 9.17) is 0 Å². The summed E-state index contributed by atoms with van der Waals surface area (Å²) in [6.45, 7) is 0. The lowest BCUT2D eigenvalue weighted by molar-refractivity contribution is -0.385. The molecule has 2 rings (SSSR count). The van der Waals surface area contributed by atoms with Crippen molar-refractivity contribution in [2.75, 3.05) is 0 Å². The summed E-state index contributed by atoms with van der Waals surface area (Å²) in [5.74, 6) is -0.127. The molecule has 0 saturated carbocycles. The van der Waals surface area contributed by atoms with Gasteiger partial charge < -0.3 is 0 Å². The quantitative estimate of drug-likeness (QED) is 0.487. The van der Waals surface area contributed by atoms with Crippen molar-refractivity contribution in [2.45, 2.75) is 6.42 Å². The standard InChI is InChI=1S/C12H8BrNO3S/c13-10-4-9(5-11(6-10)14(16)17)12(15)3-8-1-2-18-7-8/h1-2,4-7H,3H2. The molecular weight excluding hydrogens is 318 g/mol. The number of nitro groups is 1. The Morgan fingerprint density at radius 1 is 1.39 bits per heavy atom. The van der Waals surface area contributed by atoms with E-state index in [1.165, 1.54) is 23.5 Å². The average Bonchev–Trinajstić information content (AvgIpc) is 2.80. The van der Waals surface area contributed by atoms with Crippen LogP contribution in [0.3, 0.4) is 0 Å². The molecule has 0 saturated heterocycles. The van der Waals surface area contributed by atoms with Crippen LogP contribution in [0.2, 0.25) is 0 Å². The molecule has 1 aromatic carbocycles. The molecule has 18 heavy (non-hydrogen) atoms. The summed E-state index contributed by atoms with van der Waals surface area (Å²) < 4.78 is 0.533. The minimum Gasteiger partial charge on any atom is -0.294 e. The highest BCUT2D eigenvalue weighted by molar-refractivity contribution is 9.10. The number of rotatable bonds is 4. The third-order valence-corrected chi connectivity index (χ3v) is 3.55.